The monoisotopic (exact) mass is 580 g/mol. The minimum atomic E-state index is -1.38. The van der Waals surface area contributed by atoms with Gasteiger partial charge in [-0.2, -0.15) is 0 Å². The third kappa shape index (κ3) is 9.53. The molecule has 2 aliphatic rings. The van der Waals surface area contributed by atoms with Crippen LogP contribution in [0.4, 0.5) is 22.7 Å². The van der Waals surface area contributed by atoms with Gasteiger partial charge in [0.05, 0.1) is 51.7 Å². The number of carboxylic acids is 1. The van der Waals surface area contributed by atoms with Gasteiger partial charge in [0, 0.05) is 56.0 Å². The van der Waals surface area contributed by atoms with Gasteiger partial charge in [0.1, 0.15) is 0 Å². The van der Waals surface area contributed by atoms with Crippen LogP contribution in [0.15, 0.2) is 36.4 Å². The highest BCUT2D eigenvalue weighted by molar-refractivity contribution is 5.95. The highest BCUT2D eigenvalue weighted by Gasteiger charge is 2.28. The van der Waals surface area contributed by atoms with Crippen molar-refractivity contribution in [3.63, 3.8) is 0 Å². The lowest BCUT2D eigenvalue weighted by atomic mass is 10.1. The Hall–Kier alpha value is -5.14. The molecule has 2 saturated heterocycles. The molecule has 2 aromatic rings. The number of ether oxygens (including phenoxy) is 2. The van der Waals surface area contributed by atoms with Crippen LogP contribution in [0.2, 0.25) is 0 Å². The molecule has 0 aromatic heterocycles. The van der Waals surface area contributed by atoms with Crippen LogP contribution in [0.5, 0.6) is 0 Å². The summed E-state index contributed by atoms with van der Waals surface area (Å²) < 4.78 is 10.1. The lowest BCUT2D eigenvalue weighted by Crippen LogP contribution is -2.40. The molecule has 41 heavy (non-hydrogen) atoms. The Morgan fingerprint density at radius 2 is 1.10 bits per heavy atom. The van der Waals surface area contributed by atoms with E-state index in [9.17, 15) is 50.0 Å². The van der Waals surface area contributed by atoms with Crippen LogP contribution < -0.4 is 5.32 Å². The van der Waals surface area contributed by atoms with Crippen molar-refractivity contribution in [2.45, 2.75) is 0 Å². The van der Waals surface area contributed by atoms with Gasteiger partial charge < -0.3 is 24.8 Å². The maximum absolute atomic E-state index is 12.1. The first-order valence-corrected chi connectivity index (χ1v) is 11.7. The Labute approximate surface area is 229 Å². The molecule has 2 aliphatic heterocycles. The SMILES string of the molecule is C1COCCN1.O=C(O)c1ccc([N+](=O)[O-])c([N+](=O)[O-])c1.O=C(c1ccc([N+](=O)[O-])c([N+](=O)[O-])c1)N1CCOCC1. The second-order valence-electron chi connectivity index (χ2n) is 8.01. The van der Waals surface area contributed by atoms with Gasteiger partial charge in [0.2, 0.25) is 0 Å². The number of nitrogens with zero attached hydrogens (tertiary/aromatic N) is 5. The fourth-order valence-corrected chi connectivity index (χ4v) is 3.38. The fraction of sp³-hybridized carbons (Fsp3) is 0.364. The molecule has 2 heterocycles. The number of rotatable bonds is 6. The molecule has 0 unspecified atom stereocenters. The maximum Gasteiger partial charge on any atom is 0.346 e. The molecule has 0 saturated carbocycles. The average molecular weight is 580 g/mol. The van der Waals surface area contributed by atoms with Crippen molar-refractivity contribution in [1.82, 2.24) is 10.2 Å². The van der Waals surface area contributed by atoms with Gasteiger partial charge in [-0.25, -0.2) is 4.79 Å². The highest BCUT2D eigenvalue weighted by atomic mass is 16.6. The van der Waals surface area contributed by atoms with Gasteiger partial charge in [-0.15, -0.1) is 0 Å². The van der Waals surface area contributed by atoms with Crippen molar-refractivity contribution in [3.8, 4) is 0 Å². The van der Waals surface area contributed by atoms with E-state index in [1.807, 2.05) is 0 Å². The molecule has 220 valence electrons. The molecular formula is C22H24N6O13. The summed E-state index contributed by atoms with van der Waals surface area (Å²) in [6, 6.07) is 5.53. The lowest BCUT2D eigenvalue weighted by Gasteiger charge is -2.26. The molecule has 19 heteroatoms. The number of benzene rings is 2. The predicted octanol–water partition coefficient (Wildman–Crippen LogP) is 1.78. The van der Waals surface area contributed by atoms with E-state index in [1.54, 1.807) is 0 Å². The molecule has 0 aliphatic carbocycles. The van der Waals surface area contributed by atoms with E-state index in [-0.39, 0.29) is 11.1 Å². The van der Waals surface area contributed by atoms with E-state index in [0.29, 0.717) is 32.4 Å². The average Bonchev–Trinajstić information content (AvgIpc) is 2.98. The molecule has 0 spiro atoms. The fourth-order valence-electron chi connectivity index (χ4n) is 3.38. The quantitative estimate of drug-likeness (QED) is 0.364. The number of nitrogens with one attached hydrogen (secondary N) is 1. The molecule has 0 radical (unpaired) electrons. The predicted molar refractivity (Wildman–Crippen MR) is 137 cm³/mol. The Morgan fingerprint density at radius 3 is 1.46 bits per heavy atom. The van der Waals surface area contributed by atoms with E-state index in [1.165, 1.54) is 11.0 Å². The molecule has 1 amide bonds. The van der Waals surface area contributed by atoms with Crippen molar-refractivity contribution >= 4 is 34.6 Å². The third-order valence-electron chi connectivity index (χ3n) is 5.38. The zero-order chi connectivity index (χ0) is 30.5. The van der Waals surface area contributed by atoms with Crippen molar-refractivity contribution in [2.24, 2.45) is 0 Å². The number of hydrogen-bond acceptors (Lipinski definition) is 13. The van der Waals surface area contributed by atoms with E-state index < -0.39 is 54.3 Å². The van der Waals surface area contributed by atoms with Gasteiger partial charge >= 0.3 is 28.7 Å². The number of carboxylic acid groups (broad SMARTS) is 1. The number of nitro groups is 4. The standard InChI is InChI=1S/C11H11N3O6.C7H4N2O6.C4H9NO/c15-11(12-3-5-20-6-4-12)8-1-2-9(13(16)17)10(7-8)14(18)19;10-7(11)4-1-2-5(8(12)13)6(3-4)9(14)15;1-3-6-4-2-5-1/h1-2,7H,3-6H2;1-3H,(H,10,11);5H,1-4H2. The van der Waals surface area contributed by atoms with Crippen molar-refractivity contribution in [3.05, 3.63) is 88.0 Å². The number of nitro benzene ring substituents is 4. The summed E-state index contributed by atoms with van der Waals surface area (Å²) in [6.45, 7) is 5.43. The Morgan fingerprint density at radius 1 is 0.683 bits per heavy atom. The minimum Gasteiger partial charge on any atom is -0.478 e. The zero-order valence-electron chi connectivity index (χ0n) is 21.2. The van der Waals surface area contributed by atoms with E-state index in [4.69, 9.17) is 14.6 Å². The van der Waals surface area contributed by atoms with Gasteiger partial charge in [0.25, 0.3) is 5.91 Å². The van der Waals surface area contributed by atoms with Gasteiger partial charge in [-0.3, -0.25) is 45.3 Å². The zero-order valence-corrected chi connectivity index (χ0v) is 21.2. The van der Waals surface area contributed by atoms with E-state index in [0.717, 1.165) is 50.6 Å². The summed E-state index contributed by atoms with van der Waals surface area (Å²) >= 11 is 0. The van der Waals surface area contributed by atoms with Crippen molar-refractivity contribution in [2.75, 3.05) is 52.6 Å². The molecule has 4 rings (SSSR count). The maximum atomic E-state index is 12.1. The van der Waals surface area contributed by atoms with E-state index in [2.05, 4.69) is 5.32 Å². The summed E-state index contributed by atoms with van der Waals surface area (Å²) in [5.74, 6) is -1.78. The van der Waals surface area contributed by atoms with Crippen molar-refractivity contribution in [1.29, 1.82) is 0 Å². The second-order valence-corrected chi connectivity index (χ2v) is 8.01. The normalized spacial score (nSPS) is 14.3. The van der Waals surface area contributed by atoms with Crippen LogP contribution in [0, 0.1) is 40.5 Å². The number of carbonyl (C=O) groups excluding carboxylic acids is 1. The molecule has 0 atom stereocenters. The number of morpholine rings is 2. The largest absolute Gasteiger partial charge is 0.478 e. The van der Waals surface area contributed by atoms with Crippen LogP contribution in [-0.4, -0.2) is 94.2 Å². The molecule has 2 N–H and O–H groups in total. The van der Waals surface area contributed by atoms with Gasteiger partial charge in [0.15, 0.2) is 0 Å². The van der Waals surface area contributed by atoms with Gasteiger partial charge in [-0.05, 0) is 12.1 Å². The molecule has 2 aromatic carbocycles. The summed E-state index contributed by atoms with van der Waals surface area (Å²) in [5.41, 5.74) is -3.19. The first-order chi connectivity index (χ1) is 19.4. The minimum absolute atomic E-state index is 0.0594. The topological polar surface area (TPSA) is 261 Å². The lowest BCUT2D eigenvalue weighted by molar-refractivity contribution is -0.422. The molecule has 0 bridgehead atoms. The first kappa shape index (κ1) is 32.1. The molecular weight excluding hydrogens is 556 g/mol. The van der Waals surface area contributed by atoms with Crippen LogP contribution in [-0.2, 0) is 9.47 Å². The van der Waals surface area contributed by atoms with Crippen LogP contribution >= 0.6 is 0 Å². The highest BCUT2D eigenvalue weighted by Crippen LogP contribution is 2.28. The number of carbonyl (C=O) groups is 2. The first-order valence-electron chi connectivity index (χ1n) is 11.7. The Kier molecular flexibility index (Phi) is 12.1. The van der Waals surface area contributed by atoms with Crippen LogP contribution in [0.3, 0.4) is 0 Å². The molecule has 2 fully saturated rings. The smallest absolute Gasteiger partial charge is 0.346 e. The third-order valence-corrected chi connectivity index (χ3v) is 5.38. The molecule has 19 nitrogen and oxygen atoms in total. The number of aromatic carboxylic acids is 1. The Bertz CT molecular complexity index is 1300. The van der Waals surface area contributed by atoms with E-state index >= 15 is 0 Å². The Balaban J connectivity index is 0.000000245. The number of hydrogen-bond donors (Lipinski definition) is 2. The van der Waals surface area contributed by atoms with Crippen LogP contribution in [0.1, 0.15) is 20.7 Å². The van der Waals surface area contributed by atoms with Gasteiger partial charge in [-0.1, -0.05) is 0 Å². The summed E-state index contributed by atoms with van der Waals surface area (Å²) in [6.07, 6.45) is 0. The van der Waals surface area contributed by atoms with Crippen molar-refractivity contribution < 1.29 is 43.9 Å². The number of amides is 1. The second kappa shape index (κ2) is 15.5. The summed E-state index contributed by atoms with van der Waals surface area (Å²) in [5, 5.41) is 54.0. The van der Waals surface area contributed by atoms with Crippen LogP contribution in [0.25, 0.3) is 0 Å². The summed E-state index contributed by atoms with van der Waals surface area (Å²) in [7, 11) is 0. The summed E-state index contributed by atoms with van der Waals surface area (Å²) in [4.78, 5) is 62.7.